The van der Waals surface area contributed by atoms with Crippen LogP contribution in [0, 0.1) is 17.0 Å². The number of rotatable bonds is 8. The van der Waals surface area contributed by atoms with E-state index >= 15 is 0 Å². The highest BCUT2D eigenvalue weighted by Gasteiger charge is 2.21. The lowest BCUT2D eigenvalue weighted by molar-refractivity contribution is -0.385. The molecule has 0 spiro atoms. The molecule has 0 unspecified atom stereocenters. The maximum absolute atomic E-state index is 13.7. The number of aryl methyl sites for hydroxylation is 1. The minimum Gasteiger partial charge on any atom is -0.494 e. The summed E-state index contributed by atoms with van der Waals surface area (Å²) in [6.45, 7) is 9.58. The molecule has 0 fully saturated rings. The highest BCUT2D eigenvalue weighted by atomic mass is 16.6. The smallest absolute Gasteiger partial charge is 0.312 e. The van der Waals surface area contributed by atoms with E-state index in [-0.39, 0.29) is 23.1 Å². The third kappa shape index (κ3) is 5.54. The Balaban J connectivity index is 1.99. The Morgan fingerprint density at radius 2 is 1.92 bits per heavy atom. The summed E-state index contributed by atoms with van der Waals surface area (Å²) in [4.78, 5) is 41.1. The van der Waals surface area contributed by atoms with Crippen molar-refractivity contribution in [1.29, 1.82) is 0 Å². The van der Waals surface area contributed by atoms with Gasteiger partial charge in [-0.15, -0.1) is 0 Å². The van der Waals surface area contributed by atoms with Gasteiger partial charge >= 0.3 is 11.7 Å². The number of hydrogen-bond donors (Lipinski definition) is 0. The van der Waals surface area contributed by atoms with Crippen LogP contribution >= 0.6 is 0 Å². The fourth-order valence-electron chi connectivity index (χ4n) is 4.24. The average Bonchev–Trinajstić information content (AvgIpc) is 2.88. The lowest BCUT2D eigenvalue weighted by Gasteiger charge is -2.18. The highest BCUT2D eigenvalue weighted by Crippen LogP contribution is 2.35. The van der Waals surface area contributed by atoms with Gasteiger partial charge in [0.2, 0.25) is 5.75 Å². The van der Waals surface area contributed by atoms with Gasteiger partial charge in [0.25, 0.3) is 5.56 Å². The van der Waals surface area contributed by atoms with Gasteiger partial charge in [0.15, 0.2) is 5.82 Å². The number of esters is 1. The van der Waals surface area contributed by atoms with Gasteiger partial charge in [0.05, 0.1) is 28.6 Å². The molecular formula is C29H28N4O6. The number of para-hydroxylation sites is 2. The molecule has 4 aromatic rings. The van der Waals surface area contributed by atoms with Gasteiger partial charge in [-0.1, -0.05) is 32.0 Å². The van der Waals surface area contributed by atoms with E-state index in [0.717, 1.165) is 28.5 Å². The predicted octanol–water partition coefficient (Wildman–Crippen LogP) is 5.61. The summed E-state index contributed by atoms with van der Waals surface area (Å²) in [6, 6.07) is 15.0. The van der Waals surface area contributed by atoms with E-state index in [1.54, 1.807) is 24.3 Å². The van der Waals surface area contributed by atoms with Crippen LogP contribution in [0.5, 0.6) is 11.5 Å². The zero-order chi connectivity index (χ0) is 28.3. The standard InChI is InChI=1S/C29H28N4O6/c1-6-38-26-14-18(4)23(15-22(26)17(2)3)28-31-24-12-8-7-11-21(24)29(35)32(28)30-16-20-10-9-13-25(33(36)37)27(20)39-19(5)34/h7-17H,6H2,1-5H3. The molecular weight excluding hydrogens is 500 g/mol. The summed E-state index contributed by atoms with van der Waals surface area (Å²) >= 11 is 0. The molecule has 3 aromatic carbocycles. The summed E-state index contributed by atoms with van der Waals surface area (Å²) in [5.41, 5.74) is 2.28. The molecule has 0 saturated heterocycles. The highest BCUT2D eigenvalue weighted by molar-refractivity contribution is 5.88. The second-order valence-electron chi connectivity index (χ2n) is 9.15. The zero-order valence-corrected chi connectivity index (χ0v) is 22.3. The first kappa shape index (κ1) is 27.2. The third-order valence-corrected chi connectivity index (χ3v) is 6.05. The van der Waals surface area contributed by atoms with E-state index in [1.807, 2.05) is 26.0 Å². The predicted molar refractivity (Wildman–Crippen MR) is 149 cm³/mol. The fraction of sp³-hybridized carbons (Fsp3) is 0.241. The molecule has 39 heavy (non-hydrogen) atoms. The number of carbonyl (C=O) groups is 1. The Kier molecular flexibility index (Phi) is 7.85. The van der Waals surface area contributed by atoms with Crippen LogP contribution < -0.4 is 15.0 Å². The molecule has 4 rings (SSSR count). The molecule has 0 radical (unpaired) electrons. The van der Waals surface area contributed by atoms with Crippen molar-refractivity contribution in [3.05, 3.63) is 91.8 Å². The quantitative estimate of drug-likeness (QED) is 0.0956. The summed E-state index contributed by atoms with van der Waals surface area (Å²) in [5, 5.41) is 16.3. The van der Waals surface area contributed by atoms with E-state index in [4.69, 9.17) is 14.5 Å². The Bertz CT molecular complexity index is 1670. The first-order valence-corrected chi connectivity index (χ1v) is 12.4. The fourth-order valence-corrected chi connectivity index (χ4v) is 4.24. The molecule has 1 aromatic heterocycles. The number of ether oxygens (including phenoxy) is 2. The number of hydrogen-bond acceptors (Lipinski definition) is 8. The van der Waals surface area contributed by atoms with E-state index in [9.17, 15) is 19.7 Å². The largest absolute Gasteiger partial charge is 0.494 e. The molecule has 0 aliphatic heterocycles. The molecule has 0 atom stereocenters. The molecule has 0 bridgehead atoms. The molecule has 200 valence electrons. The molecule has 0 amide bonds. The van der Waals surface area contributed by atoms with Gasteiger partial charge < -0.3 is 9.47 Å². The number of nitro benzene ring substituents is 1. The zero-order valence-electron chi connectivity index (χ0n) is 22.3. The average molecular weight is 529 g/mol. The van der Waals surface area contributed by atoms with Crippen LogP contribution in [0.15, 0.2) is 64.5 Å². The Hall–Kier alpha value is -4.86. The van der Waals surface area contributed by atoms with Gasteiger partial charge in [-0.05, 0) is 61.2 Å². The normalized spacial score (nSPS) is 11.3. The number of benzene rings is 3. The van der Waals surface area contributed by atoms with Crippen LogP contribution in [0.2, 0.25) is 0 Å². The molecule has 10 nitrogen and oxygen atoms in total. The molecule has 0 N–H and O–H groups in total. The van der Waals surface area contributed by atoms with Gasteiger partial charge in [-0.3, -0.25) is 19.7 Å². The van der Waals surface area contributed by atoms with E-state index < -0.39 is 22.1 Å². The summed E-state index contributed by atoms with van der Waals surface area (Å²) < 4.78 is 12.2. The second kappa shape index (κ2) is 11.3. The number of aromatic nitrogens is 2. The van der Waals surface area contributed by atoms with Crippen LogP contribution in [0.3, 0.4) is 0 Å². The Morgan fingerprint density at radius 1 is 1.18 bits per heavy atom. The van der Waals surface area contributed by atoms with Crippen LogP contribution in [0.4, 0.5) is 5.69 Å². The number of nitrogens with zero attached hydrogens (tertiary/aromatic N) is 4. The van der Waals surface area contributed by atoms with Crippen molar-refractivity contribution < 1.29 is 19.2 Å². The van der Waals surface area contributed by atoms with Gasteiger partial charge in [-0.2, -0.15) is 9.78 Å². The van der Waals surface area contributed by atoms with E-state index in [2.05, 4.69) is 18.9 Å². The van der Waals surface area contributed by atoms with Crippen molar-refractivity contribution in [2.75, 3.05) is 6.61 Å². The van der Waals surface area contributed by atoms with E-state index in [1.165, 1.54) is 24.4 Å². The summed E-state index contributed by atoms with van der Waals surface area (Å²) in [6.07, 6.45) is 1.25. The lowest BCUT2D eigenvalue weighted by Crippen LogP contribution is -2.21. The third-order valence-electron chi connectivity index (χ3n) is 6.05. The minimum atomic E-state index is -0.726. The van der Waals surface area contributed by atoms with Crippen molar-refractivity contribution in [1.82, 2.24) is 9.66 Å². The molecule has 1 heterocycles. The van der Waals surface area contributed by atoms with Crippen LogP contribution in [-0.2, 0) is 4.79 Å². The van der Waals surface area contributed by atoms with Gasteiger partial charge in [0.1, 0.15) is 5.75 Å². The lowest BCUT2D eigenvalue weighted by atomic mass is 9.96. The summed E-state index contributed by atoms with van der Waals surface area (Å²) in [5.74, 6) is 0.189. The van der Waals surface area contributed by atoms with Crippen LogP contribution in [0.1, 0.15) is 50.3 Å². The Labute approximate surface area is 224 Å². The van der Waals surface area contributed by atoms with Crippen molar-refractivity contribution in [2.24, 2.45) is 5.10 Å². The van der Waals surface area contributed by atoms with Crippen molar-refractivity contribution in [2.45, 2.75) is 40.5 Å². The van der Waals surface area contributed by atoms with Gasteiger partial charge in [-0.25, -0.2) is 4.98 Å². The van der Waals surface area contributed by atoms with Crippen molar-refractivity contribution in [3.8, 4) is 22.9 Å². The maximum Gasteiger partial charge on any atom is 0.312 e. The molecule has 0 aliphatic carbocycles. The first-order valence-electron chi connectivity index (χ1n) is 12.4. The molecule has 10 heteroatoms. The first-order chi connectivity index (χ1) is 18.6. The maximum atomic E-state index is 13.7. The van der Waals surface area contributed by atoms with E-state index in [0.29, 0.717) is 23.1 Å². The van der Waals surface area contributed by atoms with Crippen molar-refractivity contribution >= 4 is 28.8 Å². The van der Waals surface area contributed by atoms with Gasteiger partial charge in [0, 0.05) is 24.1 Å². The second-order valence-corrected chi connectivity index (χ2v) is 9.15. The Morgan fingerprint density at radius 3 is 2.59 bits per heavy atom. The topological polar surface area (TPSA) is 126 Å². The van der Waals surface area contributed by atoms with Crippen LogP contribution in [-0.4, -0.2) is 33.4 Å². The molecule has 0 aliphatic rings. The minimum absolute atomic E-state index is 0.131. The van der Waals surface area contributed by atoms with Crippen LogP contribution in [0.25, 0.3) is 22.3 Å². The SMILES string of the molecule is CCOc1cc(C)c(-c2nc3ccccc3c(=O)n2N=Cc2cccc([N+](=O)[O-])c2OC(C)=O)cc1C(C)C. The van der Waals surface area contributed by atoms with Crippen molar-refractivity contribution in [3.63, 3.8) is 0 Å². The monoisotopic (exact) mass is 528 g/mol. The molecule has 0 saturated carbocycles. The number of carbonyl (C=O) groups excluding carboxylic acids is 1. The summed E-state index contributed by atoms with van der Waals surface area (Å²) in [7, 11) is 0. The number of nitro groups is 1. The number of fused-ring (bicyclic) bond motifs is 1.